The molecule has 0 bridgehead atoms. The SMILES string of the molecule is O=C1CCC(NCc2cccc(Br)n2)CN1. The van der Waals surface area contributed by atoms with Crippen LogP contribution in [-0.2, 0) is 11.3 Å². The van der Waals surface area contributed by atoms with Gasteiger partial charge in [0.25, 0.3) is 0 Å². The summed E-state index contributed by atoms with van der Waals surface area (Å²) in [5.41, 5.74) is 1.01. The quantitative estimate of drug-likeness (QED) is 0.820. The Morgan fingerprint density at radius 2 is 2.44 bits per heavy atom. The molecular weight excluding hydrogens is 270 g/mol. The third-order valence-electron chi connectivity index (χ3n) is 2.61. The Bertz CT molecular complexity index is 373. The van der Waals surface area contributed by atoms with Crippen molar-refractivity contribution in [2.45, 2.75) is 25.4 Å². The molecule has 1 aliphatic heterocycles. The Hall–Kier alpha value is -0.940. The van der Waals surface area contributed by atoms with Crippen LogP contribution in [0.5, 0.6) is 0 Å². The van der Waals surface area contributed by atoms with Crippen LogP contribution in [-0.4, -0.2) is 23.5 Å². The van der Waals surface area contributed by atoms with E-state index in [1.165, 1.54) is 0 Å². The van der Waals surface area contributed by atoms with Gasteiger partial charge in [-0.05, 0) is 34.5 Å². The Labute approximate surface area is 103 Å². The standard InChI is InChI=1S/C11H14BrN3O/c12-10-3-1-2-9(15-10)7-13-8-4-5-11(16)14-6-8/h1-3,8,13H,4-7H2,(H,14,16). The summed E-state index contributed by atoms with van der Waals surface area (Å²) in [6.45, 7) is 1.45. The minimum absolute atomic E-state index is 0.152. The highest BCUT2D eigenvalue weighted by Gasteiger charge is 2.16. The van der Waals surface area contributed by atoms with Gasteiger partial charge in [0.2, 0.25) is 5.91 Å². The lowest BCUT2D eigenvalue weighted by Gasteiger charge is -2.23. The van der Waals surface area contributed by atoms with Gasteiger partial charge in [-0.2, -0.15) is 0 Å². The zero-order valence-electron chi connectivity index (χ0n) is 8.87. The Morgan fingerprint density at radius 1 is 1.56 bits per heavy atom. The third kappa shape index (κ3) is 3.28. The molecule has 2 rings (SSSR count). The van der Waals surface area contributed by atoms with Crippen LogP contribution >= 0.6 is 15.9 Å². The second-order valence-corrected chi connectivity index (χ2v) is 4.68. The Morgan fingerprint density at radius 3 is 3.12 bits per heavy atom. The zero-order valence-corrected chi connectivity index (χ0v) is 10.5. The number of nitrogens with zero attached hydrogens (tertiary/aromatic N) is 1. The van der Waals surface area contributed by atoms with Gasteiger partial charge in [0.1, 0.15) is 4.60 Å². The molecule has 1 atom stereocenters. The van der Waals surface area contributed by atoms with E-state index in [0.29, 0.717) is 19.0 Å². The van der Waals surface area contributed by atoms with Crippen molar-refractivity contribution in [2.75, 3.05) is 6.54 Å². The lowest BCUT2D eigenvalue weighted by Crippen LogP contribution is -2.45. The molecular formula is C11H14BrN3O. The van der Waals surface area contributed by atoms with Crippen molar-refractivity contribution in [2.24, 2.45) is 0 Å². The average molecular weight is 284 g/mol. The molecule has 1 unspecified atom stereocenters. The smallest absolute Gasteiger partial charge is 0.220 e. The molecule has 86 valence electrons. The summed E-state index contributed by atoms with van der Waals surface area (Å²) in [4.78, 5) is 15.3. The van der Waals surface area contributed by atoms with E-state index in [1.807, 2.05) is 18.2 Å². The van der Waals surface area contributed by atoms with E-state index in [2.05, 4.69) is 31.5 Å². The molecule has 1 aromatic rings. The largest absolute Gasteiger partial charge is 0.355 e. The highest BCUT2D eigenvalue weighted by molar-refractivity contribution is 9.10. The van der Waals surface area contributed by atoms with Gasteiger partial charge in [-0.1, -0.05) is 6.07 Å². The Kier molecular flexibility index (Phi) is 3.90. The number of hydrogen-bond acceptors (Lipinski definition) is 3. The van der Waals surface area contributed by atoms with Gasteiger partial charge in [-0.15, -0.1) is 0 Å². The monoisotopic (exact) mass is 283 g/mol. The van der Waals surface area contributed by atoms with Crippen molar-refractivity contribution in [1.29, 1.82) is 0 Å². The van der Waals surface area contributed by atoms with Crippen molar-refractivity contribution in [3.63, 3.8) is 0 Å². The molecule has 1 fully saturated rings. The summed E-state index contributed by atoms with van der Waals surface area (Å²) >= 11 is 3.34. The maximum Gasteiger partial charge on any atom is 0.220 e. The predicted octanol–water partition coefficient (Wildman–Crippen LogP) is 1.21. The molecule has 0 radical (unpaired) electrons. The number of pyridine rings is 1. The normalized spacial score (nSPS) is 20.6. The van der Waals surface area contributed by atoms with Crippen molar-refractivity contribution >= 4 is 21.8 Å². The van der Waals surface area contributed by atoms with E-state index >= 15 is 0 Å². The highest BCUT2D eigenvalue weighted by atomic mass is 79.9. The van der Waals surface area contributed by atoms with E-state index in [9.17, 15) is 4.79 Å². The fourth-order valence-electron chi connectivity index (χ4n) is 1.70. The van der Waals surface area contributed by atoms with Crippen LogP contribution < -0.4 is 10.6 Å². The summed E-state index contributed by atoms with van der Waals surface area (Å²) < 4.78 is 0.851. The summed E-state index contributed by atoms with van der Waals surface area (Å²) in [7, 11) is 0. The first kappa shape index (κ1) is 11.5. The first-order valence-electron chi connectivity index (χ1n) is 5.35. The van der Waals surface area contributed by atoms with Gasteiger partial charge in [-0.3, -0.25) is 4.79 Å². The second kappa shape index (κ2) is 5.41. The third-order valence-corrected chi connectivity index (χ3v) is 3.05. The maximum atomic E-state index is 11.0. The number of piperidine rings is 1. The van der Waals surface area contributed by atoms with Crippen molar-refractivity contribution in [3.8, 4) is 0 Å². The minimum Gasteiger partial charge on any atom is -0.355 e. The number of amides is 1. The summed E-state index contributed by atoms with van der Waals surface area (Å²) in [6.07, 6.45) is 1.52. The predicted molar refractivity (Wildman–Crippen MR) is 64.8 cm³/mol. The van der Waals surface area contributed by atoms with Crippen molar-refractivity contribution in [3.05, 3.63) is 28.5 Å². The molecule has 16 heavy (non-hydrogen) atoms. The fraction of sp³-hybridized carbons (Fsp3) is 0.455. The molecule has 4 nitrogen and oxygen atoms in total. The van der Waals surface area contributed by atoms with E-state index in [0.717, 1.165) is 23.3 Å². The average Bonchev–Trinajstić information content (AvgIpc) is 2.28. The van der Waals surface area contributed by atoms with Crippen molar-refractivity contribution < 1.29 is 4.79 Å². The number of hydrogen-bond donors (Lipinski definition) is 2. The van der Waals surface area contributed by atoms with E-state index < -0.39 is 0 Å². The van der Waals surface area contributed by atoms with E-state index in [4.69, 9.17) is 0 Å². The van der Waals surface area contributed by atoms with Gasteiger partial charge >= 0.3 is 0 Å². The number of halogens is 1. The molecule has 0 aliphatic carbocycles. The van der Waals surface area contributed by atoms with Gasteiger partial charge in [0, 0.05) is 25.6 Å². The number of rotatable bonds is 3. The minimum atomic E-state index is 0.152. The highest BCUT2D eigenvalue weighted by Crippen LogP contribution is 2.07. The summed E-state index contributed by atoms with van der Waals surface area (Å²) in [5.74, 6) is 0.152. The fourth-order valence-corrected chi connectivity index (χ4v) is 2.09. The maximum absolute atomic E-state index is 11.0. The van der Waals surface area contributed by atoms with Crippen LogP contribution in [0, 0.1) is 0 Å². The van der Waals surface area contributed by atoms with Crippen LogP contribution in [0.15, 0.2) is 22.8 Å². The van der Waals surface area contributed by atoms with Crippen LogP contribution in [0.2, 0.25) is 0 Å². The lowest BCUT2D eigenvalue weighted by atomic mass is 10.1. The molecule has 0 aromatic carbocycles. The first-order chi connectivity index (χ1) is 7.74. The number of nitrogens with one attached hydrogen (secondary N) is 2. The lowest BCUT2D eigenvalue weighted by molar-refractivity contribution is -0.122. The molecule has 0 saturated carbocycles. The summed E-state index contributed by atoms with van der Waals surface area (Å²) in [6, 6.07) is 6.22. The number of aromatic nitrogens is 1. The molecule has 5 heteroatoms. The molecule has 1 aromatic heterocycles. The van der Waals surface area contributed by atoms with Gasteiger partial charge in [0.15, 0.2) is 0 Å². The Balaban J connectivity index is 1.81. The van der Waals surface area contributed by atoms with Crippen molar-refractivity contribution in [1.82, 2.24) is 15.6 Å². The number of carbonyl (C=O) groups excluding carboxylic acids is 1. The van der Waals surface area contributed by atoms with Crippen LogP contribution in [0.3, 0.4) is 0 Å². The zero-order chi connectivity index (χ0) is 11.4. The van der Waals surface area contributed by atoms with Crippen LogP contribution in [0.4, 0.5) is 0 Å². The second-order valence-electron chi connectivity index (χ2n) is 3.87. The van der Waals surface area contributed by atoms with E-state index in [1.54, 1.807) is 0 Å². The molecule has 1 saturated heterocycles. The van der Waals surface area contributed by atoms with Gasteiger partial charge < -0.3 is 10.6 Å². The number of carbonyl (C=O) groups is 1. The van der Waals surface area contributed by atoms with Crippen LogP contribution in [0.25, 0.3) is 0 Å². The van der Waals surface area contributed by atoms with Gasteiger partial charge in [-0.25, -0.2) is 4.98 Å². The van der Waals surface area contributed by atoms with Gasteiger partial charge in [0.05, 0.1) is 5.69 Å². The molecule has 2 heterocycles. The molecule has 1 amide bonds. The first-order valence-corrected chi connectivity index (χ1v) is 6.15. The molecule has 0 spiro atoms. The van der Waals surface area contributed by atoms with Crippen LogP contribution in [0.1, 0.15) is 18.5 Å². The summed E-state index contributed by atoms with van der Waals surface area (Å²) in [5, 5.41) is 6.24. The van der Waals surface area contributed by atoms with E-state index in [-0.39, 0.29) is 5.91 Å². The molecule has 1 aliphatic rings. The topological polar surface area (TPSA) is 54.0 Å². The molecule has 2 N–H and O–H groups in total.